The van der Waals surface area contributed by atoms with Gasteiger partial charge >= 0.3 is 0 Å². The normalized spacial score (nSPS) is 13.7. The lowest BCUT2D eigenvalue weighted by Crippen LogP contribution is -2.33. The van der Waals surface area contributed by atoms with Crippen molar-refractivity contribution in [2.45, 2.75) is 30.3 Å². The van der Waals surface area contributed by atoms with Crippen LogP contribution in [0.5, 0.6) is 0 Å². The van der Waals surface area contributed by atoms with E-state index in [2.05, 4.69) is 10.3 Å². The van der Waals surface area contributed by atoms with Gasteiger partial charge < -0.3 is 9.88 Å². The average molecular weight is 358 g/mol. The Labute approximate surface area is 144 Å². The molecule has 0 spiro atoms. The fourth-order valence-electron chi connectivity index (χ4n) is 1.94. The number of amides is 1. The largest absolute Gasteiger partial charge is 0.349 e. The second-order valence-electron chi connectivity index (χ2n) is 4.98. The number of hydrogen-bond donors (Lipinski definition) is 1. The number of carbonyl (C=O) groups excluding carboxylic acids is 1. The summed E-state index contributed by atoms with van der Waals surface area (Å²) in [6.45, 7) is 3.75. The Hall–Kier alpha value is -1.17. The number of nitrogens with one attached hydrogen (secondary N) is 1. The quantitative estimate of drug-likeness (QED) is 0.819. The summed E-state index contributed by atoms with van der Waals surface area (Å²) in [7, 11) is 1.90. The molecule has 0 saturated heterocycles. The second kappa shape index (κ2) is 7.40. The van der Waals surface area contributed by atoms with Crippen molar-refractivity contribution in [3.63, 3.8) is 0 Å². The molecule has 2 rings (SSSR count). The van der Waals surface area contributed by atoms with Crippen molar-refractivity contribution in [3.8, 4) is 0 Å². The lowest BCUT2D eigenvalue weighted by molar-refractivity contribution is -0.120. The zero-order valence-corrected chi connectivity index (χ0v) is 14.8. The number of benzene rings is 1. The van der Waals surface area contributed by atoms with Crippen molar-refractivity contribution < 1.29 is 4.79 Å². The molecule has 4 nitrogen and oxygen atoms in total. The molecule has 1 amide bonds. The molecule has 0 aliphatic carbocycles. The van der Waals surface area contributed by atoms with E-state index in [0.717, 1.165) is 10.7 Å². The molecule has 118 valence electrons. The molecular weight excluding hydrogens is 341 g/mol. The van der Waals surface area contributed by atoms with Gasteiger partial charge in [0.15, 0.2) is 5.16 Å². The predicted molar refractivity (Wildman–Crippen MR) is 91.5 cm³/mol. The number of nitrogens with zero attached hydrogens (tertiary/aromatic N) is 2. The van der Waals surface area contributed by atoms with Gasteiger partial charge in [-0.1, -0.05) is 41.0 Å². The van der Waals surface area contributed by atoms with Crippen molar-refractivity contribution in [3.05, 3.63) is 46.2 Å². The number of thioether (sulfide) groups is 1. The van der Waals surface area contributed by atoms with E-state index in [0.29, 0.717) is 10.0 Å². The van der Waals surface area contributed by atoms with Crippen LogP contribution in [0, 0.1) is 0 Å². The van der Waals surface area contributed by atoms with Gasteiger partial charge in [-0.25, -0.2) is 4.98 Å². The highest BCUT2D eigenvalue weighted by atomic mass is 35.5. The van der Waals surface area contributed by atoms with Crippen molar-refractivity contribution in [1.82, 2.24) is 14.9 Å². The molecule has 1 aromatic heterocycles. The van der Waals surface area contributed by atoms with Crippen LogP contribution in [0.15, 0.2) is 35.7 Å². The Bertz CT molecular complexity index is 675. The van der Waals surface area contributed by atoms with E-state index >= 15 is 0 Å². The molecule has 1 N–H and O–H groups in total. The van der Waals surface area contributed by atoms with Gasteiger partial charge in [0.05, 0.1) is 11.3 Å². The summed E-state index contributed by atoms with van der Waals surface area (Å²) in [5.74, 6) is -0.0634. The van der Waals surface area contributed by atoms with E-state index in [1.165, 1.54) is 11.8 Å². The molecule has 0 saturated carbocycles. The van der Waals surface area contributed by atoms with Gasteiger partial charge in [0, 0.05) is 29.5 Å². The first-order valence-electron chi connectivity index (χ1n) is 6.77. The van der Waals surface area contributed by atoms with Gasteiger partial charge in [0.1, 0.15) is 0 Å². The van der Waals surface area contributed by atoms with Gasteiger partial charge in [-0.15, -0.1) is 0 Å². The summed E-state index contributed by atoms with van der Waals surface area (Å²) in [4.78, 5) is 16.5. The Morgan fingerprint density at radius 1 is 1.36 bits per heavy atom. The summed E-state index contributed by atoms with van der Waals surface area (Å²) in [5, 5.41) is 4.64. The highest BCUT2D eigenvalue weighted by Gasteiger charge is 2.20. The van der Waals surface area contributed by atoms with Crippen LogP contribution in [0.2, 0.25) is 10.0 Å². The number of imidazole rings is 1. The van der Waals surface area contributed by atoms with Crippen LogP contribution in [0.4, 0.5) is 0 Å². The topological polar surface area (TPSA) is 46.9 Å². The van der Waals surface area contributed by atoms with Gasteiger partial charge in [-0.05, 0) is 31.5 Å². The molecule has 22 heavy (non-hydrogen) atoms. The number of carbonyl (C=O) groups is 1. The first kappa shape index (κ1) is 17.2. The van der Waals surface area contributed by atoms with Crippen LogP contribution in [0.25, 0.3) is 0 Å². The minimum absolute atomic E-state index is 0.0634. The summed E-state index contributed by atoms with van der Waals surface area (Å²) in [5.41, 5.74) is 0.841. The maximum Gasteiger partial charge on any atom is 0.233 e. The number of aromatic nitrogens is 2. The lowest BCUT2D eigenvalue weighted by atomic mass is 10.1. The Morgan fingerprint density at radius 3 is 2.68 bits per heavy atom. The Balaban J connectivity index is 2.00. The van der Waals surface area contributed by atoms with Crippen molar-refractivity contribution in [2.75, 3.05) is 0 Å². The van der Waals surface area contributed by atoms with Crippen LogP contribution < -0.4 is 5.32 Å². The number of hydrogen-bond acceptors (Lipinski definition) is 3. The van der Waals surface area contributed by atoms with Crippen LogP contribution in [-0.2, 0) is 11.8 Å². The fourth-order valence-corrected chi connectivity index (χ4v) is 3.35. The summed E-state index contributed by atoms with van der Waals surface area (Å²) < 4.78 is 1.88. The third kappa shape index (κ3) is 4.18. The van der Waals surface area contributed by atoms with E-state index < -0.39 is 0 Å². The standard InChI is InChI=1S/C15H17Cl2N3OS/c1-9(12-5-4-11(16)8-13(12)17)19-14(21)10(2)22-15-18-6-7-20(15)3/h4-10H,1-3H3,(H,19,21)/t9-,10+/m0/s1. The highest BCUT2D eigenvalue weighted by molar-refractivity contribution is 8.00. The Morgan fingerprint density at radius 2 is 2.09 bits per heavy atom. The lowest BCUT2D eigenvalue weighted by Gasteiger charge is -2.18. The molecule has 0 aliphatic rings. The minimum Gasteiger partial charge on any atom is -0.349 e. The fraction of sp³-hybridized carbons (Fsp3) is 0.333. The van der Waals surface area contributed by atoms with Crippen molar-refractivity contribution in [1.29, 1.82) is 0 Å². The molecule has 0 unspecified atom stereocenters. The Kier molecular flexibility index (Phi) is 5.78. The molecule has 2 aromatic rings. The third-order valence-corrected chi connectivity index (χ3v) is 4.95. The molecule has 7 heteroatoms. The van der Waals surface area contributed by atoms with E-state index in [1.807, 2.05) is 37.7 Å². The van der Waals surface area contributed by atoms with E-state index in [-0.39, 0.29) is 17.2 Å². The van der Waals surface area contributed by atoms with Crippen molar-refractivity contribution >= 4 is 40.9 Å². The molecule has 1 heterocycles. The molecule has 0 aliphatic heterocycles. The molecule has 1 aromatic carbocycles. The van der Waals surface area contributed by atoms with E-state index in [1.54, 1.807) is 18.3 Å². The average Bonchev–Trinajstić information content (AvgIpc) is 2.83. The minimum atomic E-state index is -0.255. The monoisotopic (exact) mass is 357 g/mol. The molecular formula is C15H17Cl2N3OS. The van der Waals surface area contributed by atoms with Crippen LogP contribution in [0.1, 0.15) is 25.5 Å². The maximum absolute atomic E-state index is 12.3. The van der Waals surface area contributed by atoms with Crippen LogP contribution in [0.3, 0.4) is 0 Å². The van der Waals surface area contributed by atoms with Gasteiger partial charge in [-0.3, -0.25) is 4.79 Å². The summed E-state index contributed by atoms with van der Waals surface area (Å²) in [6, 6.07) is 5.07. The number of aryl methyl sites for hydroxylation is 1. The SMILES string of the molecule is C[C@H](NC(=O)[C@@H](C)Sc1nccn1C)c1ccc(Cl)cc1Cl. The van der Waals surface area contributed by atoms with Gasteiger partial charge in [0.25, 0.3) is 0 Å². The molecule has 2 atom stereocenters. The first-order chi connectivity index (χ1) is 10.4. The summed E-state index contributed by atoms with van der Waals surface area (Å²) >= 11 is 13.5. The maximum atomic E-state index is 12.3. The van der Waals surface area contributed by atoms with E-state index in [9.17, 15) is 4.79 Å². The third-order valence-electron chi connectivity index (χ3n) is 3.22. The second-order valence-corrected chi connectivity index (χ2v) is 7.13. The number of rotatable bonds is 5. The summed E-state index contributed by atoms with van der Waals surface area (Å²) in [6.07, 6.45) is 3.56. The highest BCUT2D eigenvalue weighted by Crippen LogP contribution is 2.27. The number of halogens is 2. The van der Waals surface area contributed by atoms with Gasteiger partial charge in [-0.2, -0.15) is 0 Å². The van der Waals surface area contributed by atoms with Crippen molar-refractivity contribution in [2.24, 2.45) is 7.05 Å². The molecule has 0 radical (unpaired) electrons. The van der Waals surface area contributed by atoms with Gasteiger partial charge in [0.2, 0.25) is 5.91 Å². The zero-order chi connectivity index (χ0) is 16.3. The predicted octanol–water partition coefficient (Wildman–Crippen LogP) is 4.08. The van der Waals surface area contributed by atoms with Crippen LogP contribution >= 0.6 is 35.0 Å². The molecule has 0 bridgehead atoms. The smallest absolute Gasteiger partial charge is 0.233 e. The molecule has 0 fully saturated rings. The van der Waals surface area contributed by atoms with E-state index in [4.69, 9.17) is 23.2 Å². The zero-order valence-electron chi connectivity index (χ0n) is 12.5. The van der Waals surface area contributed by atoms with Crippen LogP contribution in [-0.4, -0.2) is 20.7 Å². The first-order valence-corrected chi connectivity index (χ1v) is 8.41.